The molecule has 1 fully saturated rings. The number of carbonyl (C=O) groups excluding carboxylic acids is 3. The van der Waals surface area contributed by atoms with Gasteiger partial charge in [0.15, 0.2) is 11.3 Å². The van der Waals surface area contributed by atoms with E-state index in [9.17, 15) is 14.4 Å². The third kappa shape index (κ3) is 3.36. The molecular formula is C17H22N2O4. The fourth-order valence-electron chi connectivity index (χ4n) is 2.49. The van der Waals surface area contributed by atoms with Crippen LogP contribution < -0.4 is 5.32 Å². The van der Waals surface area contributed by atoms with Crippen LogP contribution in [0, 0.1) is 0 Å². The Hall–Kier alpha value is -2.37. The molecular weight excluding hydrogens is 296 g/mol. The summed E-state index contributed by atoms with van der Waals surface area (Å²) in [4.78, 5) is 39.0. The average Bonchev–Trinajstić information content (AvgIpc) is 2.48. The summed E-state index contributed by atoms with van der Waals surface area (Å²) in [5.74, 6) is -0.926. The summed E-state index contributed by atoms with van der Waals surface area (Å²) in [7, 11) is 0. The first-order valence-corrected chi connectivity index (χ1v) is 7.55. The van der Waals surface area contributed by atoms with Gasteiger partial charge in [0, 0.05) is 18.7 Å². The average molecular weight is 318 g/mol. The van der Waals surface area contributed by atoms with E-state index < -0.39 is 28.9 Å². The lowest BCUT2D eigenvalue weighted by atomic mass is 9.87. The van der Waals surface area contributed by atoms with E-state index >= 15 is 0 Å². The molecule has 124 valence electrons. The van der Waals surface area contributed by atoms with Gasteiger partial charge in [0.1, 0.15) is 5.60 Å². The van der Waals surface area contributed by atoms with E-state index in [0.717, 1.165) is 0 Å². The normalized spacial score (nSPS) is 21.6. The minimum atomic E-state index is -1.62. The maximum absolute atomic E-state index is 12.9. The number of Topliss-reactive ketones (excluding diaryl/α,β-unsaturated/α-hetero) is 1. The highest BCUT2D eigenvalue weighted by atomic mass is 16.6. The standard InChI is InChI=1S/C17H22N2O4/c1-16(2,3)23-15(22)19-11-10-18-14(21)17(19,4)13(20)12-8-6-5-7-9-12/h5-9H,10-11H2,1-4H3,(H,18,21). The number of amides is 2. The minimum Gasteiger partial charge on any atom is -0.444 e. The first kappa shape index (κ1) is 17.0. The zero-order valence-electron chi connectivity index (χ0n) is 13.9. The molecule has 1 aliphatic heterocycles. The number of nitrogens with one attached hydrogen (secondary N) is 1. The van der Waals surface area contributed by atoms with Crippen molar-refractivity contribution < 1.29 is 19.1 Å². The summed E-state index contributed by atoms with van der Waals surface area (Å²) in [6.45, 7) is 7.19. The van der Waals surface area contributed by atoms with Crippen LogP contribution in [-0.4, -0.2) is 46.9 Å². The van der Waals surface area contributed by atoms with Crippen LogP contribution in [0.25, 0.3) is 0 Å². The van der Waals surface area contributed by atoms with Gasteiger partial charge in [0.25, 0.3) is 5.91 Å². The van der Waals surface area contributed by atoms with Crippen LogP contribution in [-0.2, 0) is 9.53 Å². The van der Waals surface area contributed by atoms with Crippen molar-refractivity contribution in [1.29, 1.82) is 0 Å². The highest BCUT2D eigenvalue weighted by Gasteiger charge is 2.52. The number of nitrogens with zero attached hydrogens (tertiary/aromatic N) is 1. The van der Waals surface area contributed by atoms with Gasteiger partial charge < -0.3 is 10.1 Å². The van der Waals surface area contributed by atoms with Crippen LogP contribution in [0.15, 0.2) is 30.3 Å². The van der Waals surface area contributed by atoms with E-state index in [0.29, 0.717) is 5.56 Å². The molecule has 6 heteroatoms. The molecule has 1 saturated heterocycles. The van der Waals surface area contributed by atoms with E-state index in [1.807, 2.05) is 0 Å². The van der Waals surface area contributed by atoms with Gasteiger partial charge in [-0.15, -0.1) is 0 Å². The van der Waals surface area contributed by atoms with E-state index in [-0.39, 0.29) is 13.1 Å². The Morgan fingerprint density at radius 1 is 1.22 bits per heavy atom. The predicted molar refractivity (Wildman–Crippen MR) is 85.1 cm³/mol. The molecule has 23 heavy (non-hydrogen) atoms. The van der Waals surface area contributed by atoms with E-state index in [2.05, 4.69) is 5.32 Å². The molecule has 1 heterocycles. The Labute approximate surface area is 135 Å². The molecule has 1 aromatic carbocycles. The van der Waals surface area contributed by atoms with E-state index in [1.165, 1.54) is 11.8 Å². The highest BCUT2D eigenvalue weighted by Crippen LogP contribution is 2.26. The second kappa shape index (κ2) is 6.02. The van der Waals surface area contributed by atoms with Gasteiger partial charge in [-0.2, -0.15) is 0 Å². The maximum atomic E-state index is 12.9. The first-order valence-electron chi connectivity index (χ1n) is 7.55. The Balaban J connectivity index is 2.38. The van der Waals surface area contributed by atoms with Crippen molar-refractivity contribution >= 4 is 17.8 Å². The van der Waals surface area contributed by atoms with Gasteiger partial charge in [-0.25, -0.2) is 4.79 Å². The van der Waals surface area contributed by atoms with E-state index in [1.54, 1.807) is 51.1 Å². The number of hydrogen-bond donors (Lipinski definition) is 1. The number of rotatable bonds is 2. The summed E-state index contributed by atoms with van der Waals surface area (Å²) >= 11 is 0. The molecule has 2 rings (SSSR count). The van der Waals surface area contributed by atoms with Gasteiger partial charge in [-0.05, 0) is 27.7 Å². The molecule has 0 bridgehead atoms. The fraction of sp³-hybridized carbons (Fsp3) is 0.471. The summed E-state index contributed by atoms with van der Waals surface area (Å²) in [5, 5.41) is 2.66. The zero-order valence-corrected chi connectivity index (χ0v) is 13.9. The highest BCUT2D eigenvalue weighted by molar-refractivity contribution is 6.19. The number of benzene rings is 1. The van der Waals surface area contributed by atoms with Crippen molar-refractivity contribution in [1.82, 2.24) is 10.2 Å². The quantitative estimate of drug-likeness (QED) is 0.668. The Morgan fingerprint density at radius 2 is 1.83 bits per heavy atom. The molecule has 0 aromatic heterocycles. The monoisotopic (exact) mass is 318 g/mol. The lowest BCUT2D eigenvalue weighted by molar-refractivity contribution is -0.132. The molecule has 0 aliphatic carbocycles. The topological polar surface area (TPSA) is 75.7 Å². The Bertz CT molecular complexity index is 621. The van der Waals surface area contributed by atoms with Gasteiger partial charge in [-0.1, -0.05) is 30.3 Å². The predicted octanol–water partition coefficient (Wildman–Crippen LogP) is 1.99. The third-order valence-corrected chi connectivity index (χ3v) is 3.69. The number of piperazine rings is 1. The van der Waals surface area contributed by atoms with Crippen LogP contribution >= 0.6 is 0 Å². The van der Waals surface area contributed by atoms with Gasteiger partial charge in [0.05, 0.1) is 0 Å². The van der Waals surface area contributed by atoms with E-state index in [4.69, 9.17) is 4.74 Å². The van der Waals surface area contributed by atoms with Gasteiger partial charge >= 0.3 is 6.09 Å². The second-order valence-electron chi connectivity index (χ2n) is 6.66. The molecule has 0 spiro atoms. The smallest absolute Gasteiger partial charge is 0.411 e. The molecule has 1 N–H and O–H groups in total. The Morgan fingerprint density at radius 3 is 2.39 bits per heavy atom. The number of hydrogen-bond acceptors (Lipinski definition) is 4. The van der Waals surface area contributed by atoms with Crippen LogP contribution in [0.4, 0.5) is 4.79 Å². The van der Waals surface area contributed by atoms with Crippen molar-refractivity contribution in [2.24, 2.45) is 0 Å². The largest absolute Gasteiger partial charge is 0.444 e. The maximum Gasteiger partial charge on any atom is 0.411 e. The zero-order chi connectivity index (χ0) is 17.3. The van der Waals surface area contributed by atoms with Gasteiger partial charge in [0.2, 0.25) is 0 Å². The van der Waals surface area contributed by atoms with Crippen LogP contribution in [0.5, 0.6) is 0 Å². The fourth-order valence-corrected chi connectivity index (χ4v) is 2.49. The van der Waals surface area contributed by atoms with Crippen molar-refractivity contribution in [3.63, 3.8) is 0 Å². The number of ketones is 1. The first-order chi connectivity index (χ1) is 10.7. The summed E-state index contributed by atoms with van der Waals surface area (Å²) in [5.41, 5.74) is -1.95. The SMILES string of the molecule is CC(C)(C)OC(=O)N1CCNC(=O)C1(C)C(=O)c1ccccc1. The van der Waals surface area contributed by atoms with Crippen molar-refractivity contribution in [2.75, 3.05) is 13.1 Å². The molecule has 1 aromatic rings. The van der Waals surface area contributed by atoms with Crippen LogP contribution in [0.2, 0.25) is 0 Å². The molecule has 0 saturated carbocycles. The van der Waals surface area contributed by atoms with Crippen molar-refractivity contribution in [2.45, 2.75) is 38.8 Å². The summed E-state index contributed by atoms with van der Waals surface area (Å²) in [6, 6.07) is 8.47. The molecule has 2 amide bonds. The molecule has 1 aliphatic rings. The lowest BCUT2D eigenvalue weighted by Crippen LogP contribution is -2.69. The van der Waals surface area contributed by atoms with Crippen LogP contribution in [0.1, 0.15) is 38.1 Å². The van der Waals surface area contributed by atoms with Crippen molar-refractivity contribution in [3.05, 3.63) is 35.9 Å². The third-order valence-electron chi connectivity index (χ3n) is 3.69. The second-order valence-corrected chi connectivity index (χ2v) is 6.66. The number of carbonyl (C=O) groups is 3. The molecule has 1 atom stereocenters. The van der Waals surface area contributed by atoms with Crippen molar-refractivity contribution in [3.8, 4) is 0 Å². The summed E-state index contributed by atoms with van der Waals surface area (Å²) in [6.07, 6.45) is -0.667. The lowest BCUT2D eigenvalue weighted by Gasteiger charge is -2.42. The minimum absolute atomic E-state index is 0.218. The number of ether oxygens (including phenoxy) is 1. The Kier molecular flexibility index (Phi) is 4.45. The van der Waals surface area contributed by atoms with Gasteiger partial charge in [-0.3, -0.25) is 14.5 Å². The molecule has 1 unspecified atom stereocenters. The van der Waals surface area contributed by atoms with Crippen LogP contribution in [0.3, 0.4) is 0 Å². The molecule has 6 nitrogen and oxygen atoms in total. The molecule has 0 radical (unpaired) electrons. The summed E-state index contributed by atoms with van der Waals surface area (Å²) < 4.78 is 5.36.